The van der Waals surface area contributed by atoms with Crippen molar-refractivity contribution in [2.24, 2.45) is 0 Å². The molecule has 1 N–H and O–H groups in total. The monoisotopic (exact) mass is 385 g/mol. The van der Waals surface area contributed by atoms with E-state index < -0.39 is 0 Å². The van der Waals surface area contributed by atoms with Crippen LogP contribution in [0.1, 0.15) is 31.2 Å². The van der Waals surface area contributed by atoms with Gasteiger partial charge in [0.25, 0.3) is 0 Å². The van der Waals surface area contributed by atoms with Crippen LogP contribution in [0, 0.1) is 0 Å². The number of benzene rings is 1. The van der Waals surface area contributed by atoms with Crippen molar-refractivity contribution in [1.29, 1.82) is 0 Å². The summed E-state index contributed by atoms with van der Waals surface area (Å²) >= 11 is 14.4. The third-order valence-electron chi connectivity index (χ3n) is 2.56. The Morgan fingerprint density at radius 3 is 2.59 bits per heavy atom. The lowest BCUT2D eigenvalue weighted by Gasteiger charge is -2.07. The fourth-order valence-electron chi connectivity index (χ4n) is 1.60. The predicted molar refractivity (Wildman–Crippen MR) is 85.5 cm³/mol. The molecule has 0 aromatic heterocycles. The Bertz CT molecular complexity index is 331. The summed E-state index contributed by atoms with van der Waals surface area (Å²) in [5.74, 6) is 0. The Morgan fingerprint density at radius 2 is 1.82 bits per heavy atom. The van der Waals surface area contributed by atoms with Crippen molar-refractivity contribution in [3.05, 3.63) is 33.8 Å². The second kappa shape index (κ2) is 9.42. The summed E-state index contributed by atoms with van der Waals surface area (Å²) in [7, 11) is 0. The first-order valence-electron chi connectivity index (χ1n) is 5.94. The zero-order valence-corrected chi connectivity index (χ0v) is 13.5. The summed E-state index contributed by atoms with van der Waals surface area (Å²) in [5.41, 5.74) is 1.08. The van der Waals surface area contributed by atoms with E-state index in [0.717, 1.165) is 28.7 Å². The fourth-order valence-corrected chi connectivity index (χ4v) is 2.52. The highest BCUT2D eigenvalue weighted by Crippen LogP contribution is 2.20. The molecular weight excluding hydrogens is 368 g/mol. The van der Waals surface area contributed by atoms with Gasteiger partial charge in [0.1, 0.15) is 0 Å². The number of halogens is 3. The van der Waals surface area contributed by atoms with Crippen molar-refractivity contribution >= 4 is 45.8 Å². The van der Waals surface area contributed by atoms with Crippen molar-refractivity contribution in [2.45, 2.75) is 32.2 Å². The molecule has 0 spiro atoms. The van der Waals surface area contributed by atoms with Crippen LogP contribution in [0.5, 0.6) is 0 Å². The molecule has 0 saturated heterocycles. The number of alkyl halides is 1. The number of nitrogens with one attached hydrogen (secondary N) is 1. The van der Waals surface area contributed by atoms with E-state index in [1.807, 2.05) is 18.2 Å². The van der Waals surface area contributed by atoms with Crippen LogP contribution in [-0.2, 0) is 6.54 Å². The van der Waals surface area contributed by atoms with Gasteiger partial charge in [-0.15, -0.1) is 0 Å². The minimum absolute atomic E-state index is 0.744. The van der Waals surface area contributed by atoms with Gasteiger partial charge in [-0.25, -0.2) is 0 Å². The van der Waals surface area contributed by atoms with Crippen molar-refractivity contribution in [1.82, 2.24) is 5.32 Å². The molecule has 96 valence electrons. The second-order valence-electron chi connectivity index (χ2n) is 4.02. The molecule has 0 bridgehead atoms. The van der Waals surface area contributed by atoms with Crippen LogP contribution in [-0.4, -0.2) is 11.0 Å². The molecule has 0 unspecified atom stereocenters. The molecule has 0 atom stereocenters. The van der Waals surface area contributed by atoms with Crippen molar-refractivity contribution in [3.8, 4) is 0 Å². The molecule has 0 amide bonds. The van der Waals surface area contributed by atoms with E-state index >= 15 is 0 Å². The summed E-state index contributed by atoms with van der Waals surface area (Å²) < 4.78 is 1.27. The first kappa shape index (κ1) is 15.5. The van der Waals surface area contributed by atoms with Gasteiger partial charge in [-0.3, -0.25) is 0 Å². The molecule has 0 radical (unpaired) electrons. The van der Waals surface area contributed by atoms with Gasteiger partial charge in [-0.2, -0.15) is 0 Å². The highest BCUT2D eigenvalue weighted by molar-refractivity contribution is 14.1. The van der Waals surface area contributed by atoms with Crippen molar-refractivity contribution in [3.63, 3.8) is 0 Å². The average molecular weight is 386 g/mol. The minimum atomic E-state index is 0.744. The molecule has 0 heterocycles. The van der Waals surface area contributed by atoms with Gasteiger partial charge in [0, 0.05) is 16.6 Å². The minimum Gasteiger partial charge on any atom is -0.313 e. The van der Waals surface area contributed by atoms with Gasteiger partial charge in [-0.05, 0) is 47.6 Å². The van der Waals surface area contributed by atoms with Crippen LogP contribution in [0.25, 0.3) is 0 Å². The van der Waals surface area contributed by atoms with E-state index in [-0.39, 0.29) is 0 Å². The largest absolute Gasteiger partial charge is 0.313 e. The lowest BCUT2D eigenvalue weighted by molar-refractivity contribution is 0.600. The van der Waals surface area contributed by atoms with E-state index in [9.17, 15) is 0 Å². The van der Waals surface area contributed by atoms with Crippen LogP contribution in [0.2, 0.25) is 10.0 Å². The zero-order valence-electron chi connectivity index (χ0n) is 9.82. The number of hydrogen-bond donors (Lipinski definition) is 1. The molecular formula is C13H18Cl2IN. The summed E-state index contributed by atoms with van der Waals surface area (Å²) in [6.07, 6.45) is 5.21. The Morgan fingerprint density at radius 1 is 1.06 bits per heavy atom. The van der Waals surface area contributed by atoms with Crippen molar-refractivity contribution < 1.29 is 0 Å². The molecule has 0 saturated carbocycles. The molecule has 1 aromatic carbocycles. The lowest BCUT2D eigenvalue weighted by atomic mass is 10.2. The molecule has 0 fully saturated rings. The van der Waals surface area contributed by atoms with Crippen LogP contribution >= 0.6 is 45.8 Å². The van der Waals surface area contributed by atoms with Crippen LogP contribution < -0.4 is 5.32 Å². The summed E-state index contributed by atoms with van der Waals surface area (Å²) in [5, 5.41) is 4.93. The lowest BCUT2D eigenvalue weighted by Crippen LogP contribution is -2.14. The van der Waals surface area contributed by atoms with Gasteiger partial charge >= 0.3 is 0 Å². The molecule has 1 nitrogen and oxygen atoms in total. The molecule has 0 aliphatic rings. The van der Waals surface area contributed by atoms with E-state index in [1.165, 1.54) is 30.1 Å². The SMILES string of the molecule is Clc1ccc(Cl)c(CNCCCCCCI)c1. The number of unbranched alkanes of at least 4 members (excludes halogenated alkanes) is 3. The van der Waals surface area contributed by atoms with E-state index in [2.05, 4.69) is 27.9 Å². The molecule has 1 aromatic rings. The third-order valence-corrected chi connectivity index (χ3v) is 3.93. The first-order chi connectivity index (χ1) is 8.24. The summed E-state index contributed by atoms with van der Waals surface area (Å²) in [4.78, 5) is 0. The Kier molecular flexibility index (Phi) is 8.62. The topological polar surface area (TPSA) is 12.0 Å². The standard InChI is InChI=1S/C13H18Cl2IN/c14-12-5-6-13(15)11(9-12)10-17-8-4-2-1-3-7-16/h5-6,9,17H,1-4,7-8,10H2. The normalized spacial score (nSPS) is 10.8. The molecule has 1 rings (SSSR count). The highest BCUT2D eigenvalue weighted by Gasteiger charge is 2.00. The zero-order chi connectivity index (χ0) is 12.5. The second-order valence-corrected chi connectivity index (χ2v) is 5.94. The Labute approximate surface area is 127 Å². The highest BCUT2D eigenvalue weighted by atomic mass is 127. The van der Waals surface area contributed by atoms with Crippen LogP contribution in [0.3, 0.4) is 0 Å². The quantitative estimate of drug-likeness (QED) is 0.374. The fraction of sp³-hybridized carbons (Fsp3) is 0.538. The third kappa shape index (κ3) is 6.85. The molecule has 17 heavy (non-hydrogen) atoms. The van der Waals surface area contributed by atoms with Crippen LogP contribution in [0.15, 0.2) is 18.2 Å². The van der Waals surface area contributed by atoms with E-state index in [0.29, 0.717) is 0 Å². The smallest absolute Gasteiger partial charge is 0.0451 e. The van der Waals surface area contributed by atoms with Crippen molar-refractivity contribution in [2.75, 3.05) is 11.0 Å². The average Bonchev–Trinajstić information content (AvgIpc) is 2.32. The predicted octanol–water partition coefficient (Wildman–Crippen LogP) is 5.08. The Hall–Kier alpha value is 0.490. The molecule has 0 aliphatic heterocycles. The number of hydrogen-bond acceptors (Lipinski definition) is 1. The summed E-state index contributed by atoms with van der Waals surface area (Å²) in [6, 6.07) is 5.59. The van der Waals surface area contributed by atoms with Gasteiger partial charge in [-0.1, -0.05) is 58.6 Å². The maximum Gasteiger partial charge on any atom is 0.0451 e. The maximum atomic E-state index is 6.08. The first-order valence-corrected chi connectivity index (χ1v) is 8.23. The van der Waals surface area contributed by atoms with Gasteiger partial charge in [0.2, 0.25) is 0 Å². The molecule has 0 aliphatic carbocycles. The maximum absolute atomic E-state index is 6.08. The van der Waals surface area contributed by atoms with Gasteiger partial charge in [0.15, 0.2) is 0 Å². The summed E-state index contributed by atoms with van der Waals surface area (Å²) in [6.45, 7) is 1.84. The van der Waals surface area contributed by atoms with Crippen LogP contribution in [0.4, 0.5) is 0 Å². The van der Waals surface area contributed by atoms with E-state index in [1.54, 1.807) is 0 Å². The van der Waals surface area contributed by atoms with Gasteiger partial charge < -0.3 is 5.32 Å². The molecule has 4 heteroatoms. The number of rotatable bonds is 8. The Balaban J connectivity index is 2.15. The van der Waals surface area contributed by atoms with Gasteiger partial charge in [0.05, 0.1) is 0 Å². The van der Waals surface area contributed by atoms with E-state index in [4.69, 9.17) is 23.2 Å².